The number of anilines is 1. The second kappa shape index (κ2) is 7.65. The summed E-state index contributed by atoms with van der Waals surface area (Å²) in [6.07, 6.45) is 0.568. The zero-order valence-corrected chi connectivity index (χ0v) is 12.1. The first-order valence-corrected chi connectivity index (χ1v) is 6.81. The van der Waals surface area contributed by atoms with Crippen LogP contribution in [0.1, 0.15) is 38.7 Å². The van der Waals surface area contributed by atoms with E-state index in [-0.39, 0.29) is 12.5 Å². The van der Waals surface area contributed by atoms with E-state index in [1.54, 1.807) is 6.07 Å². The number of aliphatic hydroxyl groups excluding tert-OH is 1. The van der Waals surface area contributed by atoms with Gasteiger partial charge in [0.25, 0.3) is 0 Å². The fourth-order valence-corrected chi connectivity index (χ4v) is 1.82. The molecule has 0 fully saturated rings. The highest BCUT2D eigenvalue weighted by Crippen LogP contribution is 2.23. The molecular formula is C15H22N2O3. The minimum absolute atomic E-state index is 0.182. The first-order valence-electron chi connectivity index (χ1n) is 6.81. The summed E-state index contributed by atoms with van der Waals surface area (Å²) in [6, 6.07) is 6.99. The molecule has 0 aliphatic rings. The lowest BCUT2D eigenvalue weighted by atomic mass is 10.0. The molecule has 0 aliphatic carbocycles. The van der Waals surface area contributed by atoms with Crippen LogP contribution in [-0.4, -0.2) is 29.6 Å². The Morgan fingerprint density at radius 2 is 1.85 bits per heavy atom. The van der Waals surface area contributed by atoms with E-state index in [4.69, 9.17) is 5.11 Å². The van der Waals surface area contributed by atoms with Gasteiger partial charge in [0.2, 0.25) is 0 Å². The van der Waals surface area contributed by atoms with Crippen LogP contribution >= 0.6 is 0 Å². The van der Waals surface area contributed by atoms with Crippen LogP contribution in [0.5, 0.6) is 0 Å². The lowest BCUT2D eigenvalue weighted by Gasteiger charge is -2.16. The van der Waals surface area contributed by atoms with E-state index in [2.05, 4.69) is 10.6 Å². The summed E-state index contributed by atoms with van der Waals surface area (Å²) in [5, 5.41) is 14.1. The van der Waals surface area contributed by atoms with Gasteiger partial charge >= 0.3 is 11.8 Å². The van der Waals surface area contributed by atoms with E-state index in [0.29, 0.717) is 12.1 Å². The highest BCUT2D eigenvalue weighted by molar-refractivity contribution is 6.39. The van der Waals surface area contributed by atoms with E-state index in [9.17, 15) is 9.59 Å². The summed E-state index contributed by atoms with van der Waals surface area (Å²) in [6.45, 7) is 5.68. The molecule has 5 heteroatoms. The Kier molecular flexibility index (Phi) is 6.18. The van der Waals surface area contributed by atoms with Gasteiger partial charge in [0.1, 0.15) is 0 Å². The van der Waals surface area contributed by atoms with Crippen LogP contribution in [0, 0.1) is 0 Å². The Bertz CT molecular complexity index is 468. The Morgan fingerprint density at radius 3 is 2.40 bits per heavy atom. The molecular weight excluding hydrogens is 256 g/mol. The molecule has 0 spiro atoms. The highest BCUT2D eigenvalue weighted by Gasteiger charge is 2.18. The molecule has 0 bridgehead atoms. The van der Waals surface area contributed by atoms with Crippen LogP contribution in [-0.2, 0) is 9.59 Å². The topological polar surface area (TPSA) is 78.4 Å². The predicted molar refractivity (Wildman–Crippen MR) is 78.5 cm³/mol. The molecule has 110 valence electrons. The molecule has 3 N–H and O–H groups in total. The van der Waals surface area contributed by atoms with Crippen LogP contribution in [0.4, 0.5) is 5.69 Å². The highest BCUT2D eigenvalue weighted by atomic mass is 16.3. The van der Waals surface area contributed by atoms with Crippen LogP contribution in [0.3, 0.4) is 0 Å². The van der Waals surface area contributed by atoms with Crippen molar-refractivity contribution in [2.75, 3.05) is 11.9 Å². The number of amides is 2. The molecule has 0 aromatic heterocycles. The normalized spacial score (nSPS) is 12.1. The second-order valence-electron chi connectivity index (χ2n) is 4.96. The second-order valence-corrected chi connectivity index (χ2v) is 4.96. The minimum Gasteiger partial charge on any atom is -0.394 e. The number of carbonyl (C=O) groups is 2. The van der Waals surface area contributed by atoms with Crippen LogP contribution in [0.2, 0.25) is 0 Å². The van der Waals surface area contributed by atoms with Gasteiger partial charge in [-0.25, -0.2) is 0 Å². The average Bonchev–Trinajstić information content (AvgIpc) is 2.44. The molecule has 1 aromatic carbocycles. The van der Waals surface area contributed by atoms with Gasteiger partial charge in [0, 0.05) is 5.69 Å². The van der Waals surface area contributed by atoms with E-state index in [0.717, 1.165) is 5.56 Å². The third-order valence-corrected chi connectivity index (χ3v) is 3.09. The standard InChI is InChI=1S/C15H22N2O3/c1-4-11(9-18)16-14(19)15(20)17-13-8-6-5-7-12(13)10(2)3/h5-8,10-11,18H,4,9H2,1-3H3,(H,16,19)(H,17,20)/t11-/m1/s1. The maximum Gasteiger partial charge on any atom is 0.313 e. The molecule has 1 rings (SSSR count). The molecule has 0 radical (unpaired) electrons. The van der Waals surface area contributed by atoms with Crippen molar-refractivity contribution in [3.8, 4) is 0 Å². The maximum absolute atomic E-state index is 11.8. The van der Waals surface area contributed by atoms with E-state index < -0.39 is 17.9 Å². The van der Waals surface area contributed by atoms with Gasteiger partial charge in [-0.05, 0) is 24.0 Å². The van der Waals surface area contributed by atoms with Crippen molar-refractivity contribution in [2.24, 2.45) is 0 Å². The van der Waals surface area contributed by atoms with Gasteiger partial charge in [-0.2, -0.15) is 0 Å². The molecule has 2 amide bonds. The molecule has 0 saturated heterocycles. The first-order chi connectivity index (χ1) is 9.49. The molecule has 1 atom stereocenters. The van der Waals surface area contributed by atoms with Gasteiger partial charge < -0.3 is 15.7 Å². The maximum atomic E-state index is 11.8. The number of carbonyl (C=O) groups excluding carboxylic acids is 2. The Labute approximate surface area is 119 Å². The molecule has 20 heavy (non-hydrogen) atoms. The van der Waals surface area contributed by atoms with Gasteiger partial charge in [0.05, 0.1) is 12.6 Å². The molecule has 0 heterocycles. The van der Waals surface area contributed by atoms with Crippen molar-refractivity contribution >= 4 is 17.5 Å². The third-order valence-electron chi connectivity index (χ3n) is 3.09. The quantitative estimate of drug-likeness (QED) is 0.716. The van der Waals surface area contributed by atoms with Crippen LogP contribution < -0.4 is 10.6 Å². The monoisotopic (exact) mass is 278 g/mol. The number of para-hydroxylation sites is 1. The Balaban J connectivity index is 2.73. The first kappa shape index (κ1) is 16.2. The van der Waals surface area contributed by atoms with Crippen molar-refractivity contribution < 1.29 is 14.7 Å². The average molecular weight is 278 g/mol. The molecule has 5 nitrogen and oxygen atoms in total. The smallest absolute Gasteiger partial charge is 0.313 e. The molecule has 0 aliphatic heterocycles. The van der Waals surface area contributed by atoms with Crippen molar-refractivity contribution in [1.82, 2.24) is 5.32 Å². The van der Waals surface area contributed by atoms with Gasteiger partial charge in [-0.1, -0.05) is 39.0 Å². The number of rotatable bonds is 5. The molecule has 1 aromatic rings. The van der Waals surface area contributed by atoms with Gasteiger partial charge in [0.15, 0.2) is 0 Å². The Morgan fingerprint density at radius 1 is 1.20 bits per heavy atom. The van der Waals surface area contributed by atoms with E-state index in [1.165, 1.54) is 0 Å². The van der Waals surface area contributed by atoms with Crippen molar-refractivity contribution in [3.63, 3.8) is 0 Å². The fraction of sp³-hybridized carbons (Fsp3) is 0.467. The minimum atomic E-state index is -0.732. The lowest BCUT2D eigenvalue weighted by molar-refractivity contribution is -0.136. The summed E-state index contributed by atoms with van der Waals surface area (Å²) in [7, 11) is 0. The number of benzene rings is 1. The Hall–Kier alpha value is -1.88. The number of aliphatic hydroxyl groups is 1. The number of nitrogens with one attached hydrogen (secondary N) is 2. The SMILES string of the molecule is CC[C@H](CO)NC(=O)C(=O)Nc1ccccc1C(C)C. The largest absolute Gasteiger partial charge is 0.394 e. The van der Waals surface area contributed by atoms with Gasteiger partial charge in [-0.3, -0.25) is 9.59 Å². The summed E-state index contributed by atoms with van der Waals surface area (Å²) in [5.41, 5.74) is 1.61. The molecule has 0 saturated carbocycles. The van der Waals surface area contributed by atoms with Crippen molar-refractivity contribution in [2.45, 2.75) is 39.2 Å². The van der Waals surface area contributed by atoms with Gasteiger partial charge in [-0.15, -0.1) is 0 Å². The zero-order valence-electron chi connectivity index (χ0n) is 12.1. The number of hydrogen-bond donors (Lipinski definition) is 3. The van der Waals surface area contributed by atoms with E-state index >= 15 is 0 Å². The molecule has 0 unspecified atom stereocenters. The predicted octanol–water partition coefficient (Wildman–Crippen LogP) is 1.64. The van der Waals surface area contributed by atoms with E-state index in [1.807, 2.05) is 39.0 Å². The van der Waals surface area contributed by atoms with Crippen molar-refractivity contribution in [1.29, 1.82) is 0 Å². The lowest BCUT2D eigenvalue weighted by Crippen LogP contribution is -2.43. The summed E-state index contributed by atoms with van der Waals surface area (Å²) < 4.78 is 0. The van der Waals surface area contributed by atoms with Crippen LogP contribution in [0.25, 0.3) is 0 Å². The zero-order chi connectivity index (χ0) is 15.1. The third kappa shape index (κ3) is 4.35. The summed E-state index contributed by atoms with van der Waals surface area (Å²) in [4.78, 5) is 23.6. The van der Waals surface area contributed by atoms with Crippen molar-refractivity contribution in [3.05, 3.63) is 29.8 Å². The number of hydrogen-bond acceptors (Lipinski definition) is 3. The summed E-state index contributed by atoms with van der Waals surface area (Å²) in [5.74, 6) is -1.20. The summed E-state index contributed by atoms with van der Waals surface area (Å²) >= 11 is 0. The fourth-order valence-electron chi connectivity index (χ4n) is 1.82. The van der Waals surface area contributed by atoms with Crippen LogP contribution in [0.15, 0.2) is 24.3 Å².